The number of benzene rings is 3. The van der Waals surface area contributed by atoms with E-state index < -0.39 is 6.10 Å². The molecule has 29 heavy (non-hydrogen) atoms. The second kappa shape index (κ2) is 8.06. The normalized spacial score (nSPS) is 12.1. The second-order valence-corrected chi connectivity index (χ2v) is 7.78. The predicted molar refractivity (Wildman–Crippen MR) is 118 cm³/mol. The molecule has 3 nitrogen and oxygen atoms in total. The van der Waals surface area contributed by atoms with Crippen LogP contribution in [0.1, 0.15) is 39.6 Å². The van der Waals surface area contributed by atoms with Gasteiger partial charge in [-0.05, 0) is 48.6 Å². The van der Waals surface area contributed by atoms with Gasteiger partial charge < -0.3 is 9.67 Å². The Hall–Kier alpha value is -3.17. The monoisotopic (exact) mass is 382 g/mol. The molecule has 0 aliphatic heterocycles. The van der Waals surface area contributed by atoms with Crippen molar-refractivity contribution >= 4 is 0 Å². The molecule has 0 amide bonds. The van der Waals surface area contributed by atoms with Crippen LogP contribution in [0.25, 0.3) is 11.1 Å². The lowest BCUT2D eigenvalue weighted by molar-refractivity contribution is 0.210. The molecule has 0 fully saturated rings. The molecule has 4 rings (SSSR count). The van der Waals surface area contributed by atoms with Crippen molar-refractivity contribution < 1.29 is 5.11 Å². The molecular formula is C26H26N2O. The first-order valence-electron chi connectivity index (χ1n) is 9.92. The Balaban J connectivity index is 1.61. The van der Waals surface area contributed by atoms with Crippen molar-refractivity contribution in [2.75, 3.05) is 0 Å². The van der Waals surface area contributed by atoms with Gasteiger partial charge in [0.2, 0.25) is 0 Å². The number of hydrogen-bond acceptors (Lipinski definition) is 2. The van der Waals surface area contributed by atoms with Gasteiger partial charge in [-0.25, -0.2) is 4.98 Å². The van der Waals surface area contributed by atoms with Gasteiger partial charge in [-0.3, -0.25) is 0 Å². The van der Waals surface area contributed by atoms with Gasteiger partial charge in [-0.1, -0.05) is 77.9 Å². The van der Waals surface area contributed by atoms with Crippen LogP contribution in [-0.4, -0.2) is 14.7 Å². The minimum absolute atomic E-state index is 0.689. The van der Waals surface area contributed by atoms with Crippen LogP contribution in [0.4, 0.5) is 0 Å². The highest BCUT2D eigenvalue weighted by Crippen LogP contribution is 2.29. The zero-order valence-corrected chi connectivity index (χ0v) is 17.1. The quantitative estimate of drug-likeness (QED) is 0.487. The number of aromatic nitrogens is 2. The Morgan fingerprint density at radius 2 is 1.62 bits per heavy atom. The van der Waals surface area contributed by atoms with Gasteiger partial charge in [0.1, 0.15) is 6.10 Å². The highest BCUT2D eigenvalue weighted by molar-refractivity contribution is 5.65. The minimum Gasteiger partial charge on any atom is -0.382 e. The fourth-order valence-corrected chi connectivity index (χ4v) is 3.77. The number of rotatable bonds is 5. The first-order chi connectivity index (χ1) is 14.0. The van der Waals surface area contributed by atoms with Gasteiger partial charge in [0.15, 0.2) is 0 Å². The SMILES string of the molecule is Cc1ccc(-c2ccc(C(O)c3cncn3Cc3cccc(C)c3)c(C)c2)cc1. The van der Waals surface area contributed by atoms with Gasteiger partial charge in [0.05, 0.1) is 18.2 Å². The van der Waals surface area contributed by atoms with E-state index in [1.54, 1.807) is 12.5 Å². The van der Waals surface area contributed by atoms with E-state index in [2.05, 4.69) is 86.4 Å². The summed E-state index contributed by atoms with van der Waals surface area (Å²) in [4.78, 5) is 4.29. The van der Waals surface area contributed by atoms with Crippen LogP contribution in [0.2, 0.25) is 0 Å². The third-order valence-electron chi connectivity index (χ3n) is 5.41. The largest absolute Gasteiger partial charge is 0.382 e. The van der Waals surface area contributed by atoms with E-state index in [0.29, 0.717) is 6.54 Å². The van der Waals surface area contributed by atoms with Crippen LogP contribution in [0, 0.1) is 20.8 Å². The third-order valence-corrected chi connectivity index (χ3v) is 5.41. The lowest BCUT2D eigenvalue weighted by atomic mass is 9.95. The van der Waals surface area contributed by atoms with E-state index in [1.165, 1.54) is 22.3 Å². The lowest BCUT2D eigenvalue weighted by Crippen LogP contribution is -2.10. The molecule has 1 heterocycles. The van der Waals surface area contributed by atoms with Crippen molar-refractivity contribution in [3.63, 3.8) is 0 Å². The molecule has 3 aromatic carbocycles. The molecule has 1 atom stereocenters. The molecule has 0 aliphatic rings. The van der Waals surface area contributed by atoms with Gasteiger partial charge in [0.25, 0.3) is 0 Å². The van der Waals surface area contributed by atoms with E-state index in [-0.39, 0.29) is 0 Å². The van der Waals surface area contributed by atoms with E-state index in [9.17, 15) is 5.11 Å². The Kier molecular flexibility index (Phi) is 5.32. The molecule has 146 valence electrons. The first kappa shape index (κ1) is 19.2. The maximum atomic E-state index is 11.1. The summed E-state index contributed by atoms with van der Waals surface area (Å²) in [5, 5.41) is 11.1. The Labute approximate surface area is 172 Å². The molecule has 1 aromatic heterocycles. The van der Waals surface area contributed by atoms with Crippen molar-refractivity contribution in [1.29, 1.82) is 0 Å². The van der Waals surface area contributed by atoms with Crippen LogP contribution < -0.4 is 0 Å². The summed E-state index contributed by atoms with van der Waals surface area (Å²) in [7, 11) is 0. The minimum atomic E-state index is -0.714. The third kappa shape index (κ3) is 4.15. The van der Waals surface area contributed by atoms with Gasteiger partial charge in [0, 0.05) is 6.54 Å². The average Bonchev–Trinajstić information content (AvgIpc) is 3.16. The number of nitrogens with zero attached hydrogens (tertiary/aromatic N) is 2. The topological polar surface area (TPSA) is 38.1 Å². The van der Waals surface area contributed by atoms with Crippen LogP contribution in [-0.2, 0) is 6.54 Å². The molecule has 0 bridgehead atoms. The molecule has 0 radical (unpaired) electrons. The number of aliphatic hydroxyl groups excluding tert-OH is 1. The summed E-state index contributed by atoms with van der Waals surface area (Å²) >= 11 is 0. The van der Waals surface area contributed by atoms with Crippen LogP contribution in [0.5, 0.6) is 0 Å². The number of hydrogen-bond donors (Lipinski definition) is 1. The van der Waals surface area contributed by atoms with E-state index in [4.69, 9.17) is 0 Å². The van der Waals surface area contributed by atoms with E-state index >= 15 is 0 Å². The fraction of sp³-hybridized carbons (Fsp3) is 0.192. The highest BCUT2D eigenvalue weighted by Gasteiger charge is 2.18. The molecule has 0 saturated carbocycles. The standard InChI is InChI=1S/C26H26N2O/c1-18-7-9-22(10-8-18)23-11-12-24(20(3)14-23)26(29)25-15-27-17-28(25)16-21-6-4-5-19(2)13-21/h4-15,17,26,29H,16H2,1-3H3. The molecule has 1 unspecified atom stereocenters. The Morgan fingerprint density at radius 1 is 0.862 bits per heavy atom. The molecule has 0 spiro atoms. The van der Waals surface area contributed by atoms with Crippen molar-refractivity contribution in [3.05, 3.63) is 113 Å². The fourth-order valence-electron chi connectivity index (χ4n) is 3.77. The molecule has 0 aliphatic carbocycles. The lowest BCUT2D eigenvalue weighted by Gasteiger charge is -2.17. The van der Waals surface area contributed by atoms with Crippen molar-refractivity contribution in [3.8, 4) is 11.1 Å². The smallest absolute Gasteiger partial charge is 0.121 e. The molecule has 0 saturated heterocycles. The summed E-state index contributed by atoms with van der Waals surface area (Å²) in [6, 6.07) is 23.2. The van der Waals surface area contributed by atoms with Crippen molar-refractivity contribution in [1.82, 2.24) is 9.55 Å². The Bertz CT molecular complexity index is 1130. The molecule has 3 heteroatoms. The number of aliphatic hydroxyl groups is 1. The van der Waals surface area contributed by atoms with E-state index in [1.807, 2.05) is 10.6 Å². The van der Waals surface area contributed by atoms with Crippen molar-refractivity contribution in [2.24, 2.45) is 0 Å². The maximum absolute atomic E-state index is 11.1. The number of aryl methyl sites for hydroxylation is 3. The van der Waals surface area contributed by atoms with Crippen molar-refractivity contribution in [2.45, 2.75) is 33.4 Å². The number of imidazole rings is 1. The summed E-state index contributed by atoms with van der Waals surface area (Å²) < 4.78 is 2.02. The van der Waals surface area contributed by atoms with Crippen LogP contribution in [0.15, 0.2) is 79.3 Å². The van der Waals surface area contributed by atoms with Crippen LogP contribution in [0.3, 0.4) is 0 Å². The summed E-state index contributed by atoms with van der Waals surface area (Å²) in [5.74, 6) is 0. The molecular weight excluding hydrogens is 356 g/mol. The van der Waals surface area contributed by atoms with Crippen LogP contribution >= 0.6 is 0 Å². The van der Waals surface area contributed by atoms with Gasteiger partial charge in [-0.15, -0.1) is 0 Å². The van der Waals surface area contributed by atoms with E-state index in [0.717, 1.165) is 22.4 Å². The Morgan fingerprint density at radius 3 is 2.34 bits per heavy atom. The zero-order valence-electron chi connectivity index (χ0n) is 17.1. The van der Waals surface area contributed by atoms with Gasteiger partial charge in [-0.2, -0.15) is 0 Å². The summed E-state index contributed by atoms with van der Waals surface area (Å²) in [5.41, 5.74) is 8.80. The zero-order chi connectivity index (χ0) is 20.4. The summed E-state index contributed by atoms with van der Waals surface area (Å²) in [6.07, 6.45) is 2.83. The highest BCUT2D eigenvalue weighted by atomic mass is 16.3. The maximum Gasteiger partial charge on any atom is 0.121 e. The average molecular weight is 383 g/mol. The molecule has 1 N–H and O–H groups in total. The predicted octanol–water partition coefficient (Wildman–Crippen LogP) is 5.61. The summed E-state index contributed by atoms with van der Waals surface area (Å²) in [6.45, 7) is 6.92. The second-order valence-electron chi connectivity index (χ2n) is 7.78. The molecule has 4 aromatic rings. The first-order valence-corrected chi connectivity index (χ1v) is 9.92. The van der Waals surface area contributed by atoms with Gasteiger partial charge >= 0.3 is 0 Å².